The Balaban J connectivity index is 1.78. The van der Waals surface area contributed by atoms with Crippen LogP contribution in [-0.4, -0.2) is 62.8 Å². The summed E-state index contributed by atoms with van der Waals surface area (Å²) in [5, 5.41) is 0.666. The second-order valence-corrected chi connectivity index (χ2v) is 7.88. The molecule has 0 atom stereocenters. The molecular weight excluding hydrogens is 414 g/mol. The van der Waals surface area contributed by atoms with E-state index in [0.29, 0.717) is 17.4 Å². The van der Waals surface area contributed by atoms with Crippen molar-refractivity contribution in [2.45, 2.75) is 13.8 Å². The molecule has 0 N–H and O–H groups in total. The summed E-state index contributed by atoms with van der Waals surface area (Å²) in [6.45, 7) is 7.34. The van der Waals surface area contributed by atoms with Crippen LogP contribution in [0.25, 0.3) is 10.2 Å². The monoisotopic (exact) mass is 443 g/mol. The van der Waals surface area contributed by atoms with Gasteiger partial charge in [0.05, 0.1) is 24.4 Å². The van der Waals surface area contributed by atoms with Crippen molar-refractivity contribution in [3.8, 4) is 17.2 Å². The quantitative estimate of drug-likeness (QED) is 0.445. The van der Waals surface area contributed by atoms with Gasteiger partial charge >= 0.3 is 0 Å². The minimum Gasteiger partial charge on any atom is -0.497 e. The predicted octanol–water partition coefficient (Wildman–Crippen LogP) is 4.07. The van der Waals surface area contributed by atoms with Crippen molar-refractivity contribution in [2.75, 3.05) is 51.9 Å². The maximum absolute atomic E-state index is 13.1. The molecule has 0 unspecified atom stereocenters. The first kappa shape index (κ1) is 22.8. The molecule has 3 rings (SSSR count). The van der Waals surface area contributed by atoms with Gasteiger partial charge < -0.3 is 19.1 Å². The summed E-state index contributed by atoms with van der Waals surface area (Å²) in [5.41, 5.74) is 0.845. The van der Waals surface area contributed by atoms with Crippen molar-refractivity contribution in [2.24, 2.45) is 0 Å². The van der Waals surface area contributed by atoms with Gasteiger partial charge in [-0.05, 0) is 55.6 Å². The van der Waals surface area contributed by atoms with E-state index in [0.717, 1.165) is 41.3 Å². The molecule has 1 amide bonds. The smallest absolute Gasteiger partial charge is 0.266 e. The fourth-order valence-corrected chi connectivity index (χ4v) is 4.18. The number of carbonyl (C=O) groups is 1. The van der Waals surface area contributed by atoms with Gasteiger partial charge in [-0.25, -0.2) is 4.98 Å². The Hall–Kier alpha value is -2.84. The average Bonchev–Trinajstić information content (AvgIpc) is 3.23. The van der Waals surface area contributed by atoms with E-state index < -0.39 is 0 Å². The molecule has 2 aromatic carbocycles. The van der Waals surface area contributed by atoms with E-state index in [9.17, 15) is 4.79 Å². The van der Waals surface area contributed by atoms with Crippen LogP contribution in [0.4, 0.5) is 5.13 Å². The van der Waals surface area contributed by atoms with Crippen LogP contribution < -0.4 is 19.1 Å². The number of carbonyl (C=O) groups excluding carboxylic acids is 1. The Bertz CT molecular complexity index is 986. The summed E-state index contributed by atoms with van der Waals surface area (Å²) >= 11 is 1.48. The molecule has 3 aromatic rings. The average molecular weight is 444 g/mol. The highest BCUT2D eigenvalue weighted by Crippen LogP contribution is 2.31. The molecule has 166 valence electrons. The normalized spacial score (nSPS) is 11.0. The molecule has 0 saturated heterocycles. The van der Waals surface area contributed by atoms with Crippen molar-refractivity contribution in [3.63, 3.8) is 0 Å². The van der Waals surface area contributed by atoms with Crippen LogP contribution in [0.1, 0.15) is 13.8 Å². The van der Waals surface area contributed by atoms with Crippen LogP contribution in [0.15, 0.2) is 42.5 Å². The van der Waals surface area contributed by atoms with E-state index >= 15 is 0 Å². The number of hydrogen-bond donors (Lipinski definition) is 0. The Morgan fingerprint density at radius 3 is 2.23 bits per heavy atom. The number of rotatable bonds is 11. The number of fused-ring (bicyclic) bond motifs is 1. The van der Waals surface area contributed by atoms with Gasteiger partial charge in [0, 0.05) is 13.1 Å². The standard InChI is InChI=1S/C23H29N3O4S/c1-5-25(6-2)13-14-26(22(27)16-30-18-9-7-17(28-3)8-10-18)23-24-20-12-11-19(29-4)15-21(20)31-23/h7-12,15H,5-6,13-14,16H2,1-4H3. The molecule has 1 aromatic heterocycles. The van der Waals surface area contributed by atoms with Gasteiger partial charge in [-0.15, -0.1) is 0 Å². The summed E-state index contributed by atoms with van der Waals surface area (Å²) in [4.78, 5) is 21.8. The maximum Gasteiger partial charge on any atom is 0.266 e. The summed E-state index contributed by atoms with van der Waals surface area (Å²) < 4.78 is 17.2. The zero-order valence-electron chi connectivity index (χ0n) is 18.5. The lowest BCUT2D eigenvalue weighted by molar-refractivity contribution is -0.120. The van der Waals surface area contributed by atoms with Crippen LogP contribution in [0.2, 0.25) is 0 Å². The first-order valence-electron chi connectivity index (χ1n) is 10.3. The van der Waals surface area contributed by atoms with E-state index in [1.54, 1.807) is 43.4 Å². The predicted molar refractivity (Wildman–Crippen MR) is 125 cm³/mol. The van der Waals surface area contributed by atoms with E-state index in [4.69, 9.17) is 19.2 Å². The Morgan fingerprint density at radius 2 is 1.58 bits per heavy atom. The highest BCUT2D eigenvalue weighted by molar-refractivity contribution is 7.22. The molecule has 31 heavy (non-hydrogen) atoms. The third kappa shape index (κ3) is 5.86. The van der Waals surface area contributed by atoms with Gasteiger partial charge in [0.2, 0.25) is 0 Å². The third-order valence-electron chi connectivity index (χ3n) is 5.07. The lowest BCUT2D eigenvalue weighted by Crippen LogP contribution is -2.41. The SMILES string of the molecule is CCN(CC)CCN(C(=O)COc1ccc(OC)cc1)c1nc2ccc(OC)cc2s1. The fraction of sp³-hybridized carbons (Fsp3) is 0.391. The number of methoxy groups -OCH3 is 2. The largest absolute Gasteiger partial charge is 0.497 e. The maximum atomic E-state index is 13.1. The van der Waals surface area contributed by atoms with Crippen LogP contribution in [-0.2, 0) is 4.79 Å². The zero-order valence-corrected chi connectivity index (χ0v) is 19.3. The number of hydrogen-bond acceptors (Lipinski definition) is 7. The molecule has 0 spiro atoms. The summed E-state index contributed by atoms with van der Waals surface area (Å²) in [5.74, 6) is 2.00. The zero-order chi connectivity index (χ0) is 22.2. The molecule has 0 aliphatic carbocycles. The highest BCUT2D eigenvalue weighted by Gasteiger charge is 2.21. The number of benzene rings is 2. The van der Waals surface area contributed by atoms with E-state index in [1.807, 2.05) is 18.2 Å². The molecule has 1 heterocycles. The topological polar surface area (TPSA) is 64.1 Å². The highest BCUT2D eigenvalue weighted by atomic mass is 32.1. The second kappa shape index (κ2) is 11.0. The molecule has 0 bridgehead atoms. The number of thiazole rings is 1. The number of ether oxygens (including phenoxy) is 3. The van der Waals surface area contributed by atoms with Crippen molar-refractivity contribution in [1.29, 1.82) is 0 Å². The van der Waals surface area contributed by atoms with Crippen molar-refractivity contribution < 1.29 is 19.0 Å². The number of nitrogens with zero attached hydrogens (tertiary/aromatic N) is 3. The summed E-state index contributed by atoms with van der Waals surface area (Å²) in [7, 11) is 3.25. The molecule has 0 fully saturated rings. The molecule has 7 nitrogen and oxygen atoms in total. The van der Waals surface area contributed by atoms with Crippen molar-refractivity contribution in [3.05, 3.63) is 42.5 Å². The van der Waals surface area contributed by atoms with E-state index in [1.165, 1.54) is 11.3 Å². The van der Waals surface area contributed by atoms with Crippen LogP contribution in [0.3, 0.4) is 0 Å². The molecule has 0 saturated carbocycles. The lowest BCUT2D eigenvalue weighted by Gasteiger charge is -2.24. The van der Waals surface area contributed by atoms with Crippen LogP contribution in [0, 0.1) is 0 Å². The summed E-state index contributed by atoms with van der Waals surface area (Å²) in [6.07, 6.45) is 0. The number of anilines is 1. The Labute approximate surface area is 187 Å². The Kier molecular flexibility index (Phi) is 8.08. The second-order valence-electron chi connectivity index (χ2n) is 6.87. The first-order valence-corrected chi connectivity index (χ1v) is 11.1. The summed E-state index contributed by atoms with van der Waals surface area (Å²) in [6, 6.07) is 12.9. The molecular formula is C23H29N3O4S. The number of aromatic nitrogens is 1. The number of likely N-dealkylation sites (N-methyl/N-ethyl adjacent to an activating group) is 1. The third-order valence-corrected chi connectivity index (χ3v) is 6.11. The van der Waals surface area contributed by atoms with Crippen LogP contribution >= 0.6 is 11.3 Å². The molecule has 0 aliphatic heterocycles. The van der Waals surface area contributed by atoms with Gasteiger partial charge in [0.1, 0.15) is 17.2 Å². The van der Waals surface area contributed by atoms with Gasteiger partial charge in [-0.3, -0.25) is 9.69 Å². The van der Waals surface area contributed by atoms with Gasteiger partial charge in [0.25, 0.3) is 5.91 Å². The molecule has 0 radical (unpaired) electrons. The lowest BCUT2D eigenvalue weighted by atomic mass is 10.3. The molecule has 8 heteroatoms. The van der Waals surface area contributed by atoms with Crippen LogP contribution in [0.5, 0.6) is 17.2 Å². The number of amides is 1. The minimum atomic E-state index is -0.131. The van der Waals surface area contributed by atoms with Gasteiger partial charge in [0.15, 0.2) is 11.7 Å². The first-order chi connectivity index (χ1) is 15.1. The van der Waals surface area contributed by atoms with Crippen molar-refractivity contribution in [1.82, 2.24) is 9.88 Å². The van der Waals surface area contributed by atoms with Gasteiger partial charge in [-0.1, -0.05) is 25.2 Å². The van der Waals surface area contributed by atoms with E-state index in [-0.39, 0.29) is 12.5 Å². The van der Waals surface area contributed by atoms with Crippen molar-refractivity contribution >= 4 is 32.6 Å². The van der Waals surface area contributed by atoms with E-state index in [2.05, 4.69) is 18.7 Å². The minimum absolute atomic E-state index is 0.0656. The fourth-order valence-electron chi connectivity index (χ4n) is 3.14. The van der Waals surface area contributed by atoms with Gasteiger partial charge in [-0.2, -0.15) is 0 Å². The molecule has 0 aliphatic rings. The Morgan fingerprint density at radius 1 is 0.935 bits per heavy atom.